The van der Waals surface area contributed by atoms with Crippen molar-refractivity contribution in [2.45, 2.75) is 30.7 Å². The van der Waals surface area contributed by atoms with Crippen LogP contribution in [0.2, 0.25) is 0 Å². The minimum Gasteiger partial charge on any atom is -0.301 e. The van der Waals surface area contributed by atoms with E-state index in [1.165, 1.54) is 46.4 Å². The van der Waals surface area contributed by atoms with Crippen LogP contribution in [0.15, 0.2) is 47.1 Å². The van der Waals surface area contributed by atoms with Crippen molar-refractivity contribution < 1.29 is 4.79 Å². The predicted octanol–water partition coefficient (Wildman–Crippen LogP) is 5.42. The Morgan fingerprint density at radius 1 is 1.14 bits per heavy atom. The summed E-state index contributed by atoms with van der Waals surface area (Å²) in [5.41, 5.74) is 3.32. The molecule has 0 spiro atoms. The largest absolute Gasteiger partial charge is 0.301 e. The number of nitrogens with one attached hydrogen (secondary N) is 1. The Hall–Kier alpha value is -2.29. The fraction of sp³-hybridized carbons (Fsp3) is 0.238. The van der Waals surface area contributed by atoms with Crippen LogP contribution in [0.4, 0.5) is 5.13 Å². The number of benzene rings is 1. The molecule has 0 saturated heterocycles. The minimum absolute atomic E-state index is 0.0696. The van der Waals surface area contributed by atoms with E-state index in [0.29, 0.717) is 10.9 Å². The molecule has 5 nitrogen and oxygen atoms in total. The highest BCUT2D eigenvalue weighted by Gasteiger charge is 2.20. The van der Waals surface area contributed by atoms with E-state index in [1.54, 1.807) is 17.7 Å². The normalized spacial score (nSPS) is 13.4. The van der Waals surface area contributed by atoms with E-state index in [0.717, 1.165) is 39.3 Å². The number of anilines is 1. The van der Waals surface area contributed by atoms with Crippen LogP contribution in [0.1, 0.15) is 23.3 Å². The number of hydrogen-bond acceptors (Lipinski definition) is 7. The van der Waals surface area contributed by atoms with Crippen molar-refractivity contribution in [3.63, 3.8) is 0 Å². The van der Waals surface area contributed by atoms with Crippen molar-refractivity contribution >= 4 is 55.7 Å². The summed E-state index contributed by atoms with van der Waals surface area (Å²) >= 11 is 4.70. The number of thiophene rings is 1. The molecule has 1 N–H and O–H groups in total. The van der Waals surface area contributed by atoms with Gasteiger partial charge in [-0.15, -0.1) is 22.7 Å². The van der Waals surface area contributed by atoms with Crippen LogP contribution in [0.25, 0.3) is 21.5 Å². The van der Waals surface area contributed by atoms with Crippen molar-refractivity contribution in [3.05, 3.63) is 52.5 Å². The van der Waals surface area contributed by atoms with Crippen LogP contribution >= 0.6 is 34.4 Å². The van der Waals surface area contributed by atoms with E-state index < -0.39 is 0 Å². The number of carbonyl (C=O) groups is 1. The number of carbonyl (C=O) groups excluding carboxylic acids is 1. The first-order valence-corrected chi connectivity index (χ1v) is 12.1. The maximum Gasteiger partial charge on any atom is 0.236 e. The monoisotopic (exact) mass is 438 g/mol. The molecule has 29 heavy (non-hydrogen) atoms. The predicted molar refractivity (Wildman–Crippen MR) is 121 cm³/mol. The molecule has 0 atom stereocenters. The molecule has 146 valence electrons. The lowest BCUT2D eigenvalue weighted by Gasteiger charge is -2.11. The topological polar surface area (TPSA) is 67.8 Å². The lowest BCUT2D eigenvalue weighted by atomic mass is 9.97. The number of hydrogen-bond donors (Lipinski definition) is 1. The summed E-state index contributed by atoms with van der Waals surface area (Å²) in [6, 6.07) is 9.96. The van der Waals surface area contributed by atoms with Gasteiger partial charge in [-0.1, -0.05) is 42.1 Å². The lowest BCUT2D eigenvalue weighted by Crippen LogP contribution is -2.14. The second kappa shape index (κ2) is 8.22. The molecule has 0 radical (unpaired) electrons. The molecular weight excluding hydrogens is 420 g/mol. The Morgan fingerprint density at radius 3 is 2.90 bits per heavy atom. The third kappa shape index (κ3) is 3.92. The summed E-state index contributed by atoms with van der Waals surface area (Å²) in [5.74, 6) is 0.233. The van der Waals surface area contributed by atoms with Crippen molar-refractivity contribution in [1.82, 2.24) is 15.0 Å². The number of nitrogens with zero attached hydrogens (tertiary/aromatic N) is 3. The number of fused-ring (bicyclic) bond motifs is 3. The molecule has 5 rings (SSSR count). The standard InChI is InChI=1S/C21H18N4OS3/c26-17(25-21-24-15(10-28-21)13-6-2-1-3-7-13)11-27-19-18-14-8-4-5-9-16(14)29-20(18)23-12-22-19/h1-3,6-7,10,12H,4-5,8-9,11H2,(H,24,25,26). The van der Waals surface area contributed by atoms with E-state index in [9.17, 15) is 4.79 Å². The van der Waals surface area contributed by atoms with Gasteiger partial charge in [0.25, 0.3) is 0 Å². The molecule has 0 saturated carbocycles. The van der Waals surface area contributed by atoms with Gasteiger partial charge in [0.1, 0.15) is 16.2 Å². The SMILES string of the molecule is O=C(CSc1ncnc2sc3c(c12)CCCC3)Nc1nc(-c2ccccc2)cs1. The Kier molecular flexibility index (Phi) is 5.30. The maximum atomic E-state index is 12.5. The van der Waals surface area contributed by atoms with Gasteiger partial charge in [-0.05, 0) is 31.2 Å². The molecular formula is C21H18N4OS3. The van der Waals surface area contributed by atoms with E-state index in [2.05, 4.69) is 20.3 Å². The van der Waals surface area contributed by atoms with Gasteiger partial charge in [-0.3, -0.25) is 4.79 Å². The zero-order chi connectivity index (χ0) is 19.6. The first-order valence-electron chi connectivity index (χ1n) is 9.47. The fourth-order valence-electron chi connectivity index (χ4n) is 3.53. The average Bonchev–Trinajstić information content (AvgIpc) is 3.37. The van der Waals surface area contributed by atoms with Crippen LogP contribution in [-0.4, -0.2) is 26.6 Å². The zero-order valence-corrected chi connectivity index (χ0v) is 18.0. The van der Waals surface area contributed by atoms with E-state index in [1.807, 2.05) is 35.7 Å². The zero-order valence-electron chi connectivity index (χ0n) is 15.6. The summed E-state index contributed by atoms with van der Waals surface area (Å²) in [7, 11) is 0. The van der Waals surface area contributed by atoms with Gasteiger partial charge in [0.2, 0.25) is 5.91 Å². The average molecular weight is 439 g/mol. The molecule has 3 heterocycles. The smallest absolute Gasteiger partial charge is 0.236 e. The third-order valence-electron chi connectivity index (χ3n) is 4.88. The fourth-order valence-corrected chi connectivity index (χ4v) is 6.39. The Labute approximate surface area is 180 Å². The summed E-state index contributed by atoms with van der Waals surface area (Å²) in [4.78, 5) is 28.4. The highest BCUT2D eigenvalue weighted by molar-refractivity contribution is 8.00. The highest BCUT2D eigenvalue weighted by Crippen LogP contribution is 2.39. The molecule has 1 amide bonds. The first-order chi connectivity index (χ1) is 14.3. The Balaban J connectivity index is 1.28. The van der Waals surface area contributed by atoms with Crippen LogP contribution in [0.3, 0.4) is 0 Å². The third-order valence-corrected chi connectivity index (χ3v) is 7.82. The molecule has 1 aromatic carbocycles. The van der Waals surface area contributed by atoms with Crippen molar-refractivity contribution in [2.75, 3.05) is 11.1 Å². The number of aryl methyl sites for hydroxylation is 2. The van der Waals surface area contributed by atoms with Gasteiger partial charge in [0.05, 0.1) is 11.4 Å². The van der Waals surface area contributed by atoms with E-state index in [4.69, 9.17) is 0 Å². The summed E-state index contributed by atoms with van der Waals surface area (Å²) in [5, 5.41) is 7.56. The van der Waals surface area contributed by atoms with Crippen LogP contribution in [0, 0.1) is 0 Å². The van der Waals surface area contributed by atoms with Gasteiger partial charge in [0.15, 0.2) is 5.13 Å². The van der Waals surface area contributed by atoms with Gasteiger partial charge in [-0.2, -0.15) is 0 Å². The van der Waals surface area contributed by atoms with Crippen LogP contribution in [0.5, 0.6) is 0 Å². The molecule has 0 fully saturated rings. The van der Waals surface area contributed by atoms with Crippen LogP contribution in [-0.2, 0) is 17.6 Å². The number of thioether (sulfide) groups is 1. The molecule has 0 unspecified atom stereocenters. The van der Waals surface area contributed by atoms with Crippen molar-refractivity contribution in [2.24, 2.45) is 0 Å². The Bertz CT molecular complexity index is 1170. The summed E-state index contributed by atoms with van der Waals surface area (Å²) < 4.78 is 0. The molecule has 0 bridgehead atoms. The van der Waals surface area contributed by atoms with Gasteiger partial charge in [0, 0.05) is 21.2 Å². The molecule has 1 aliphatic carbocycles. The minimum atomic E-state index is -0.0696. The number of rotatable bonds is 5. The number of thiazole rings is 1. The van der Waals surface area contributed by atoms with Gasteiger partial charge in [-0.25, -0.2) is 15.0 Å². The second-order valence-electron chi connectivity index (χ2n) is 6.81. The summed E-state index contributed by atoms with van der Waals surface area (Å²) in [6.45, 7) is 0. The van der Waals surface area contributed by atoms with E-state index in [-0.39, 0.29) is 5.91 Å². The number of amides is 1. The Morgan fingerprint density at radius 2 is 2.00 bits per heavy atom. The molecule has 3 aromatic heterocycles. The molecule has 0 aliphatic heterocycles. The maximum absolute atomic E-state index is 12.5. The second-order valence-corrected chi connectivity index (χ2v) is 9.72. The van der Waals surface area contributed by atoms with Crippen LogP contribution < -0.4 is 5.32 Å². The summed E-state index contributed by atoms with van der Waals surface area (Å²) in [6.07, 6.45) is 6.29. The molecule has 1 aliphatic rings. The molecule has 4 aromatic rings. The quantitative estimate of drug-likeness (QED) is 0.333. The van der Waals surface area contributed by atoms with Gasteiger partial charge >= 0.3 is 0 Å². The number of aromatic nitrogens is 3. The van der Waals surface area contributed by atoms with E-state index >= 15 is 0 Å². The molecule has 8 heteroatoms. The first kappa shape index (κ1) is 18.7. The lowest BCUT2D eigenvalue weighted by molar-refractivity contribution is -0.113. The van der Waals surface area contributed by atoms with Crippen molar-refractivity contribution in [3.8, 4) is 11.3 Å². The van der Waals surface area contributed by atoms with Gasteiger partial charge < -0.3 is 5.32 Å². The highest BCUT2D eigenvalue weighted by atomic mass is 32.2. The van der Waals surface area contributed by atoms with Crippen molar-refractivity contribution in [1.29, 1.82) is 0 Å².